The summed E-state index contributed by atoms with van der Waals surface area (Å²) in [6.45, 7) is 3.79. The summed E-state index contributed by atoms with van der Waals surface area (Å²) in [4.78, 5) is 15.7. The van der Waals surface area contributed by atoms with E-state index in [4.69, 9.17) is 14.7 Å². The average Bonchev–Trinajstić information content (AvgIpc) is 3.44. The fourth-order valence-electron chi connectivity index (χ4n) is 4.84. The molecular formula is C24H30N4OS. The lowest BCUT2D eigenvalue weighted by atomic mass is 9.89. The predicted octanol–water partition coefficient (Wildman–Crippen LogP) is 4.82. The molecule has 0 saturated carbocycles. The van der Waals surface area contributed by atoms with Crippen LogP contribution in [0.5, 0.6) is 0 Å². The van der Waals surface area contributed by atoms with Crippen molar-refractivity contribution in [2.75, 3.05) is 38.7 Å². The van der Waals surface area contributed by atoms with Crippen molar-refractivity contribution in [3.63, 3.8) is 0 Å². The maximum atomic E-state index is 5.98. The van der Waals surface area contributed by atoms with Crippen LogP contribution >= 0.6 is 11.3 Å². The Balaban J connectivity index is 1.51. The number of thiophene rings is 1. The summed E-state index contributed by atoms with van der Waals surface area (Å²) in [5.41, 5.74) is 2.49. The van der Waals surface area contributed by atoms with Gasteiger partial charge in [-0.25, -0.2) is 9.97 Å². The summed E-state index contributed by atoms with van der Waals surface area (Å²) in [6.07, 6.45) is 5.30. The van der Waals surface area contributed by atoms with Gasteiger partial charge in [0.15, 0.2) is 0 Å². The van der Waals surface area contributed by atoms with Gasteiger partial charge in [-0.1, -0.05) is 30.3 Å². The zero-order valence-corrected chi connectivity index (χ0v) is 18.7. The van der Waals surface area contributed by atoms with E-state index in [0.29, 0.717) is 12.0 Å². The fourth-order valence-corrected chi connectivity index (χ4v) is 5.80. The van der Waals surface area contributed by atoms with Crippen molar-refractivity contribution in [3.8, 4) is 11.1 Å². The van der Waals surface area contributed by atoms with Gasteiger partial charge in [-0.05, 0) is 51.3 Å². The van der Waals surface area contributed by atoms with E-state index in [1.807, 2.05) is 0 Å². The lowest BCUT2D eigenvalue weighted by molar-refractivity contribution is 0.0531. The van der Waals surface area contributed by atoms with Crippen molar-refractivity contribution >= 4 is 27.4 Å². The molecule has 1 atom stereocenters. The lowest BCUT2D eigenvalue weighted by Crippen LogP contribution is -2.38. The van der Waals surface area contributed by atoms with Crippen LogP contribution < -0.4 is 4.90 Å². The minimum atomic E-state index is 0.475. The van der Waals surface area contributed by atoms with Crippen molar-refractivity contribution < 1.29 is 4.74 Å². The van der Waals surface area contributed by atoms with Crippen LogP contribution in [0, 0.1) is 5.92 Å². The normalized spacial score (nSPS) is 20.5. The van der Waals surface area contributed by atoms with Gasteiger partial charge in [0, 0.05) is 30.6 Å². The highest BCUT2D eigenvalue weighted by molar-refractivity contribution is 7.17. The molecule has 0 spiro atoms. The van der Waals surface area contributed by atoms with Gasteiger partial charge in [0.2, 0.25) is 0 Å². The van der Waals surface area contributed by atoms with Crippen molar-refractivity contribution in [1.82, 2.24) is 14.9 Å². The molecule has 6 heteroatoms. The molecule has 0 radical (unpaired) electrons. The average molecular weight is 423 g/mol. The molecule has 0 bridgehead atoms. The zero-order chi connectivity index (χ0) is 20.5. The molecule has 0 amide bonds. The molecule has 4 heterocycles. The number of ether oxygens (including phenoxy) is 1. The van der Waals surface area contributed by atoms with Gasteiger partial charge >= 0.3 is 0 Å². The topological polar surface area (TPSA) is 41.5 Å². The quantitative estimate of drug-likeness (QED) is 0.590. The highest BCUT2D eigenvalue weighted by Crippen LogP contribution is 2.40. The molecule has 2 aliphatic heterocycles. The molecular weight excluding hydrogens is 392 g/mol. The van der Waals surface area contributed by atoms with Gasteiger partial charge in [0.25, 0.3) is 0 Å². The Morgan fingerprint density at radius 2 is 1.90 bits per heavy atom. The summed E-state index contributed by atoms with van der Waals surface area (Å²) in [5.74, 6) is 2.71. The molecule has 1 unspecified atom stereocenters. The van der Waals surface area contributed by atoms with E-state index in [9.17, 15) is 0 Å². The van der Waals surface area contributed by atoms with Crippen LogP contribution in [0.1, 0.15) is 31.5 Å². The Morgan fingerprint density at radius 1 is 1.10 bits per heavy atom. The number of fused-ring (bicyclic) bond motifs is 1. The largest absolute Gasteiger partial charge is 0.378 e. The van der Waals surface area contributed by atoms with E-state index in [1.165, 1.54) is 42.2 Å². The first-order valence-corrected chi connectivity index (χ1v) is 11.9. The van der Waals surface area contributed by atoms with Crippen molar-refractivity contribution in [3.05, 3.63) is 41.5 Å². The molecule has 2 fully saturated rings. The third-order valence-corrected chi connectivity index (χ3v) is 7.21. The number of aromatic nitrogens is 2. The van der Waals surface area contributed by atoms with Crippen LogP contribution in [0.15, 0.2) is 35.7 Å². The molecule has 2 aliphatic rings. The van der Waals surface area contributed by atoms with Crippen LogP contribution in [0.4, 0.5) is 5.82 Å². The minimum Gasteiger partial charge on any atom is -0.378 e. The third-order valence-electron chi connectivity index (χ3n) is 6.33. The lowest BCUT2D eigenvalue weighted by Gasteiger charge is -2.35. The number of piperidine rings is 1. The number of hydrogen-bond donors (Lipinski definition) is 0. The second kappa shape index (κ2) is 8.61. The van der Waals surface area contributed by atoms with Crippen LogP contribution in [-0.4, -0.2) is 54.8 Å². The molecule has 30 heavy (non-hydrogen) atoms. The second-order valence-corrected chi connectivity index (χ2v) is 9.63. The van der Waals surface area contributed by atoms with Crippen molar-refractivity contribution in [2.24, 2.45) is 5.92 Å². The second-order valence-electron chi connectivity index (χ2n) is 8.77. The number of nitrogens with zero attached hydrogens (tertiary/aromatic N) is 4. The van der Waals surface area contributed by atoms with E-state index < -0.39 is 0 Å². The van der Waals surface area contributed by atoms with Crippen LogP contribution in [-0.2, 0) is 11.3 Å². The number of benzene rings is 1. The summed E-state index contributed by atoms with van der Waals surface area (Å²) in [6, 6.07) is 10.6. The van der Waals surface area contributed by atoms with E-state index in [0.717, 1.165) is 42.7 Å². The third kappa shape index (κ3) is 3.96. The van der Waals surface area contributed by atoms with Crippen LogP contribution in [0.25, 0.3) is 21.3 Å². The minimum absolute atomic E-state index is 0.475. The highest BCUT2D eigenvalue weighted by Gasteiger charge is 2.31. The molecule has 5 rings (SSSR count). The van der Waals surface area contributed by atoms with Gasteiger partial charge in [-0.3, -0.25) is 0 Å². The SMILES string of the molecule is CN(C)Cc1nc(N2CCC(C3CCCO3)CC2)c2c(-c3ccccc3)csc2n1. The molecule has 158 valence electrons. The van der Waals surface area contributed by atoms with Crippen molar-refractivity contribution in [2.45, 2.75) is 38.3 Å². The molecule has 1 aromatic carbocycles. The van der Waals surface area contributed by atoms with Crippen molar-refractivity contribution in [1.29, 1.82) is 0 Å². The number of hydrogen-bond acceptors (Lipinski definition) is 6. The summed E-state index contributed by atoms with van der Waals surface area (Å²) < 4.78 is 5.98. The predicted molar refractivity (Wildman–Crippen MR) is 124 cm³/mol. The molecule has 0 aliphatic carbocycles. The van der Waals surface area contributed by atoms with Gasteiger partial charge in [-0.2, -0.15) is 0 Å². The Bertz CT molecular complexity index is 989. The summed E-state index contributed by atoms with van der Waals surface area (Å²) in [7, 11) is 4.15. The van der Waals surface area contributed by atoms with E-state index in [-0.39, 0.29) is 0 Å². The monoisotopic (exact) mass is 422 g/mol. The molecule has 2 saturated heterocycles. The molecule has 3 aromatic rings. The van der Waals surface area contributed by atoms with E-state index in [2.05, 4.69) is 59.6 Å². The molecule has 2 aromatic heterocycles. The Labute approximate surface area is 182 Å². The molecule has 5 nitrogen and oxygen atoms in total. The number of anilines is 1. The first-order chi connectivity index (χ1) is 14.7. The Hall–Kier alpha value is -2.02. The van der Waals surface area contributed by atoms with E-state index >= 15 is 0 Å². The smallest absolute Gasteiger partial charge is 0.146 e. The van der Waals surface area contributed by atoms with Gasteiger partial charge in [0.1, 0.15) is 16.5 Å². The summed E-state index contributed by atoms with van der Waals surface area (Å²) in [5, 5.41) is 3.46. The first kappa shape index (κ1) is 19.9. The maximum absolute atomic E-state index is 5.98. The van der Waals surface area contributed by atoms with Gasteiger partial charge < -0.3 is 14.5 Å². The fraction of sp³-hybridized carbons (Fsp3) is 0.500. The van der Waals surface area contributed by atoms with Crippen LogP contribution in [0.3, 0.4) is 0 Å². The van der Waals surface area contributed by atoms with Gasteiger partial charge in [-0.15, -0.1) is 11.3 Å². The van der Waals surface area contributed by atoms with Crippen LogP contribution in [0.2, 0.25) is 0 Å². The maximum Gasteiger partial charge on any atom is 0.146 e. The van der Waals surface area contributed by atoms with E-state index in [1.54, 1.807) is 11.3 Å². The Kier molecular flexibility index (Phi) is 5.72. The van der Waals surface area contributed by atoms with Gasteiger partial charge in [0.05, 0.1) is 18.0 Å². The number of rotatable bonds is 5. The summed E-state index contributed by atoms with van der Waals surface area (Å²) >= 11 is 1.73. The zero-order valence-electron chi connectivity index (χ0n) is 17.9. The molecule has 0 N–H and O–H groups in total. The standard InChI is InChI=1S/C24H30N4OS/c1-27(2)15-21-25-23(28-12-10-18(11-13-28)20-9-6-14-29-20)22-19(16-30-24(22)26-21)17-7-4-3-5-8-17/h3-5,7-8,16,18,20H,6,9-15H2,1-2H3. The Morgan fingerprint density at radius 3 is 2.60 bits per heavy atom. The first-order valence-electron chi connectivity index (χ1n) is 11.0. The highest BCUT2D eigenvalue weighted by atomic mass is 32.1.